The molecule has 1 aromatic carbocycles. The summed E-state index contributed by atoms with van der Waals surface area (Å²) < 4.78 is 0.243. The van der Waals surface area contributed by atoms with Crippen molar-refractivity contribution < 1.29 is 54.3 Å². The molecule has 0 heterocycles. The van der Waals surface area contributed by atoms with Gasteiger partial charge in [-0.3, -0.25) is 43.5 Å². The lowest BCUT2D eigenvalue weighted by atomic mass is 10.0. The fourth-order valence-electron chi connectivity index (χ4n) is 4.19. The summed E-state index contributed by atoms with van der Waals surface area (Å²) in [7, 11) is 0. The van der Waals surface area contributed by atoms with E-state index in [-0.39, 0.29) is 29.8 Å². The van der Waals surface area contributed by atoms with E-state index in [9.17, 15) is 54.3 Å². The molecule has 16 heteroatoms. The molecule has 6 N–H and O–H groups in total. The van der Waals surface area contributed by atoms with Gasteiger partial charge in [-0.15, -0.1) is 0 Å². The van der Waals surface area contributed by atoms with Gasteiger partial charge >= 0.3 is 29.8 Å². The molecule has 0 spiro atoms. The molecule has 0 aliphatic rings. The van der Waals surface area contributed by atoms with E-state index < -0.39 is 74.7 Å². The monoisotopic (exact) mass is 680 g/mol. The molecule has 1 rings (SSSR count). The number of nitrogens with zero attached hydrogens (tertiary/aromatic N) is 3. The number of rotatable bonds is 20. The quantitative estimate of drug-likeness (QED) is 0.0768. The Morgan fingerprint density at radius 1 is 0.725 bits per heavy atom. The molecule has 40 heavy (non-hydrogen) atoms. The summed E-state index contributed by atoms with van der Waals surface area (Å²) in [5.41, 5.74) is 1.19. The van der Waals surface area contributed by atoms with Crippen molar-refractivity contribution in [2.24, 2.45) is 0 Å². The van der Waals surface area contributed by atoms with E-state index in [1.54, 1.807) is 31.2 Å². The summed E-state index contributed by atoms with van der Waals surface area (Å²) in [6.07, 6.45) is 0.131. The number of carboxylic acids is 5. The van der Waals surface area contributed by atoms with Crippen molar-refractivity contribution in [1.82, 2.24) is 14.7 Å². The molecule has 0 unspecified atom stereocenters. The van der Waals surface area contributed by atoms with E-state index >= 15 is 0 Å². The third-order valence-electron chi connectivity index (χ3n) is 5.61. The van der Waals surface area contributed by atoms with Crippen LogP contribution in [0.2, 0.25) is 0 Å². The number of benzene rings is 1. The van der Waals surface area contributed by atoms with E-state index in [0.717, 1.165) is 9.80 Å². The standard InChI is InChI=1S/C24H33IN4O11/c1-15(8-27(10-20(31)32)11-21(33)34)29(14-24(39)40)18(9-28(12-22(35)36)13-23(37)38)6-16-2-4-17(5-3-16)26-19(30)7-25/h2-5,15,18H,6-14H2,1H3,(H,26,30)(H,31,32)(H,33,34)(H,35,36)(H,37,38)(H,39,40)/t15-,18+/m0/s1. The minimum atomic E-state index is -1.29. The smallest absolute Gasteiger partial charge is 0.317 e. The highest BCUT2D eigenvalue weighted by atomic mass is 127. The van der Waals surface area contributed by atoms with Crippen molar-refractivity contribution in [2.45, 2.75) is 25.4 Å². The number of carboxylic acid groups (broad SMARTS) is 5. The number of alkyl halides is 1. The maximum Gasteiger partial charge on any atom is 0.317 e. The predicted molar refractivity (Wildman–Crippen MR) is 149 cm³/mol. The van der Waals surface area contributed by atoms with Crippen molar-refractivity contribution in [1.29, 1.82) is 0 Å². The van der Waals surface area contributed by atoms with Gasteiger partial charge in [0.1, 0.15) is 0 Å². The van der Waals surface area contributed by atoms with E-state index in [0.29, 0.717) is 11.3 Å². The number of carbonyl (C=O) groups excluding carboxylic acids is 1. The highest BCUT2D eigenvalue weighted by molar-refractivity contribution is 14.1. The normalized spacial score (nSPS) is 12.7. The van der Waals surface area contributed by atoms with Crippen LogP contribution in [0.5, 0.6) is 0 Å². The first-order valence-electron chi connectivity index (χ1n) is 11.9. The summed E-state index contributed by atoms with van der Waals surface area (Å²) in [6, 6.07) is 5.11. The van der Waals surface area contributed by atoms with Crippen molar-refractivity contribution in [2.75, 3.05) is 55.6 Å². The number of hydrogen-bond acceptors (Lipinski definition) is 9. The first kappa shape index (κ1) is 34.7. The molecule has 2 atom stereocenters. The molecule has 222 valence electrons. The van der Waals surface area contributed by atoms with Gasteiger partial charge in [0.15, 0.2) is 0 Å². The second kappa shape index (κ2) is 17.4. The minimum absolute atomic E-state index is 0.131. The molecule has 0 bridgehead atoms. The summed E-state index contributed by atoms with van der Waals surface area (Å²) in [5, 5.41) is 49.3. The Balaban J connectivity index is 3.41. The lowest BCUT2D eigenvalue weighted by molar-refractivity contribution is -0.144. The van der Waals surface area contributed by atoms with Gasteiger partial charge in [-0.05, 0) is 31.0 Å². The lowest BCUT2D eigenvalue weighted by Gasteiger charge is -2.39. The van der Waals surface area contributed by atoms with Crippen LogP contribution in [0.4, 0.5) is 5.69 Å². The molecule has 0 saturated heterocycles. The van der Waals surface area contributed by atoms with Crippen LogP contribution >= 0.6 is 22.6 Å². The van der Waals surface area contributed by atoms with E-state index in [4.69, 9.17) is 0 Å². The molecule has 15 nitrogen and oxygen atoms in total. The molecular formula is C24H33IN4O11. The van der Waals surface area contributed by atoms with Crippen LogP contribution in [-0.4, -0.2) is 138 Å². The fourth-order valence-corrected chi connectivity index (χ4v) is 4.38. The van der Waals surface area contributed by atoms with Gasteiger partial charge in [-0.1, -0.05) is 34.7 Å². The molecule has 1 amide bonds. The maximum absolute atomic E-state index is 11.8. The molecular weight excluding hydrogens is 647 g/mol. The van der Waals surface area contributed by atoms with Crippen LogP contribution < -0.4 is 5.32 Å². The van der Waals surface area contributed by atoms with Gasteiger partial charge in [0.05, 0.1) is 37.2 Å². The average molecular weight is 680 g/mol. The maximum atomic E-state index is 11.8. The highest BCUT2D eigenvalue weighted by Crippen LogP contribution is 2.18. The van der Waals surface area contributed by atoms with E-state index in [1.807, 2.05) is 22.6 Å². The largest absolute Gasteiger partial charge is 0.480 e. The highest BCUT2D eigenvalue weighted by Gasteiger charge is 2.31. The van der Waals surface area contributed by atoms with Crippen LogP contribution in [-0.2, 0) is 35.2 Å². The molecule has 0 radical (unpaired) electrons. The number of anilines is 1. The summed E-state index contributed by atoms with van der Waals surface area (Å²) in [6.45, 7) is -1.82. The molecule has 0 aliphatic heterocycles. The lowest BCUT2D eigenvalue weighted by Crippen LogP contribution is -2.55. The zero-order valence-corrected chi connectivity index (χ0v) is 23.9. The molecule has 1 aromatic rings. The van der Waals surface area contributed by atoms with Crippen LogP contribution in [0.3, 0.4) is 0 Å². The van der Waals surface area contributed by atoms with Crippen molar-refractivity contribution in [3.8, 4) is 0 Å². The van der Waals surface area contributed by atoms with Gasteiger partial charge in [-0.25, -0.2) is 0 Å². The van der Waals surface area contributed by atoms with Crippen LogP contribution in [0.15, 0.2) is 24.3 Å². The molecule has 0 fully saturated rings. The average Bonchev–Trinajstić information content (AvgIpc) is 2.81. The van der Waals surface area contributed by atoms with Crippen molar-refractivity contribution >= 4 is 64.0 Å². The van der Waals surface area contributed by atoms with Crippen LogP contribution in [0.1, 0.15) is 12.5 Å². The van der Waals surface area contributed by atoms with Crippen LogP contribution in [0, 0.1) is 0 Å². The second-order valence-electron chi connectivity index (χ2n) is 9.07. The number of hydrogen-bond donors (Lipinski definition) is 6. The predicted octanol–water partition coefficient (Wildman–Crippen LogP) is -0.311. The Kier molecular flexibility index (Phi) is 15.1. The minimum Gasteiger partial charge on any atom is -0.480 e. The Labute approximate surface area is 243 Å². The Morgan fingerprint density at radius 3 is 1.55 bits per heavy atom. The van der Waals surface area contributed by atoms with E-state index in [2.05, 4.69) is 5.32 Å². The van der Waals surface area contributed by atoms with Crippen LogP contribution in [0.25, 0.3) is 0 Å². The Bertz CT molecular complexity index is 1020. The van der Waals surface area contributed by atoms with Gasteiger partial charge in [0, 0.05) is 30.9 Å². The number of halogens is 1. The zero-order valence-electron chi connectivity index (χ0n) is 21.7. The van der Waals surface area contributed by atoms with Crippen molar-refractivity contribution in [3.05, 3.63) is 29.8 Å². The van der Waals surface area contributed by atoms with Gasteiger partial charge in [-0.2, -0.15) is 0 Å². The third kappa shape index (κ3) is 14.2. The number of carbonyl (C=O) groups is 6. The van der Waals surface area contributed by atoms with Crippen molar-refractivity contribution in [3.63, 3.8) is 0 Å². The molecule has 0 aliphatic carbocycles. The first-order chi connectivity index (χ1) is 18.7. The summed E-state index contributed by atoms with van der Waals surface area (Å²) >= 11 is 1.91. The zero-order chi connectivity index (χ0) is 30.4. The number of amides is 1. The second-order valence-corrected chi connectivity index (χ2v) is 9.83. The fraction of sp³-hybridized carbons (Fsp3) is 0.500. The summed E-state index contributed by atoms with van der Waals surface area (Å²) in [5.74, 6) is -6.60. The van der Waals surface area contributed by atoms with Gasteiger partial charge in [0.2, 0.25) is 5.91 Å². The Morgan fingerprint density at radius 2 is 1.15 bits per heavy atom. The Hall–Kier alpha value is -3.35. The number of aliphatic carboxylic acids is 5. The number of nitrogens with one attached hydrogen (secondary N) is 1. The molecule has 0 saturated carbocycles. The summed E-state index contributed by atoms with van der Waals surface area (Å²) in [4.78, 5) is 72.6. The topological polar surface area (TPSA) is 225 Å². The van der Waals surface area contributed by atoms with Gasteiger partial charge < -0.3 is 30.8 Å². The van der Waals surface area contributed by atoms with Gasteiger partial charge in [0.25, 0.3) is 0 Å². The third-order valence-corrected chi connectivity index (χ3v) is 6.30. The van der Waals surface area contributed by atoms with E-state index in [1.165, 1.54) is 4.90 Å². The first-order valence-corrected chi connectivity index (χ1v) is 13.5. The molecule has 0 aromatic heterocycles. The SMILES string of the molecule is C[C@@H](CN(CC(=O)O)CC(=O)O)N(CC(=O)O)[C@H](Cc1ccc(NC(=O)CI)cc1)CN(CC(=O)O)CC(=O)O.